The molecule has 0 atom stereocenters. The summed E-state index contributed by atoms with van der Waals surface area (Å²) < 4.78 is 1.80. The third-order valence-electron chi connectivity index (χ3n) is 5.99. The summed E-state index contributed by atoms with van der Waals surface area (Å²) in [5.74, 6) is -0.142. The zero-order valence-electron chi connectivity index (χ0n) is 20.6. The van der Waals surface area contributed by atoms with Crippen LogP contribution in [0.5, 0.6) is 0 Å². The Hall–Kier alpha value is -1.66. The fraction of sp³-hybridized carbons (Fsp3) is 0.481. The molecule has 2 aromatic carbocycles. The lowest BCUT2D eigenvalue weighted by atomic mass is 9.76. The minimum Gasteiger partial charge on any atom is -0.325 e. The van der Waals surface area contributed by atoms with E-state index >= 15 is 0 Å². The van der Waals surface area contributed by atoms with E-state index in [2.05, 4.69) is 94.5 Å². The summed E-state index contributed by atoms with van der Waals surface area (Å²) in [6, 6.07) is 8.68. The van der Waals surface area contributed by atoms with Crippen LogP contribution in [0.3, 0.4) is 0 Å². The molecule has 0 radical (unpaired) electrons. The van der Waals surface area contributed by atoms with Crippen LogP contribution in [0, 0.1) is 0 Å². The highest BCUT2D eigenvalue weighted by Crippen LogP contribution is 2.41. The van der Waals surface area contributed by atoms with Crippen LogP contribution in [0.15, 0.2) is 33.2 Å². The fourth-order valence-electron chi connectivity index (χ4n) is 3.98. The van der Waals surface area contributed by atoms with Crippen molar-refractivity contribution in [2.24, 2.45) is 0 Å². The molecule has 0 aliphatic carbocycles. The van der Waals surface area contributed by atoms with Gasteiger partial charge in [-0.05, 0) is 91.9 Å². The average Bonchev–Trinajstić information content (AvgIpc) is 2.73. The first-order valence-corrected chi connectivity index (χ1v) is 13.3. The van der Waals surface area contributed by atoms with Gasteiger partial charge in [-0.2, -0.15) is 0 Å². The molecule has 33 heavy (non-hydrogen) atoms. The molecule has 0 aromatic heterocycles. The second-order valence-corrected chi connectivity index (χ2v) is 10.9. The van der Waals surface area contributed by atoms with Crippen molar-refractivity contribution < 1.29 is 9.59 Å². The van der Waals surface area contributed by atoms with Crippen molar-refractivity contribution in [2.45, 2.75) is 85.5 Å². The standard InChI is InChI=1S/C27H36Br2N2O2/c1-7-9-11-19-13-21(15-23(28)25(19)30-17(3)32)27(5,6)22-14-20(12-10-8-2)26(24(29)16-22)31-18(4)33/h13-16H,7-12H2,1-6H3,(H,30,32)(H,31,33). The number of nitrogens with one attached hydrogen (secondary N) is 2. The maximum atomic E-state index is 11.8. The lowest BCUT2D eigenvalue weighted by Gasteiger charge is -2.30. The number of anilines is 2. The van der Waals surface area contributed by atoms with Gasteiger partial charge in [-0.25, -0.2) is 0 Å². The van der Waals surface area contributed by atoms with E-state index in [0.29, 0.717) is 0 Å². The Morgan fingerprint density at radius 1 is 0.758 bits per heavy atom. The Bertz CT molecular complexity index is 936. The SMILES string of the molecule is CCCCc1cc(C(C)(C)c2cc(Br)c(NC(C)=O)c(CCCC)c2)cc(Br)c1NC(C)=O. The molecule has 2 amide bonds. The van der Waals surface area contributed by atoms with Gasteiger partial charge in [0.05, 0.1) is 11.4 Å². The summed E-state index contributed by atoms with van der Waals surface area (Å²) in [6.07, 6.45) is 6.09. The van der Waals surface area contributed by atoms with Gasteiger partial charge in [0.2, 0.25) is 11.8 Å². The third-order valence-corrected chi connectivity index (χ3v) is 7.24. The van der Waals surface area contributed by atoms with Crippen molar-refractivity contribution >= 4 is 55.0 Å². The van der Waals surface area contributed by atoms with E-state index < -0.39 is 0 Å². The molecule has 0 spiro atoms. The molecule has 180 valence electrons. The van der Waals surface area contributed by atoms with E-state index in [1.165, 1.54) is 11.1 Å². The van der Waals surface area contributed by atoms with Crippen molar-refractivity contribution in [3.63, 3.8) is 0 Å². The van der Waals surface area contributed by atoms with Crippen LogP contribution in [-0.4, -0.2) is 11.8 Å². The molecule has 4 nitrogen and oxygen atoms in total. The van der Waals surface area contributed by atoms with E-state index in [9.17, 15) is 9.59 Å². The van der Waals surface area contributed by atoms with Crippen LogP contribution < -0.4 is 10.6 Å². The Kier molecular flexibility index (Phi) is 10.2. The topological polar surface area (TPSA) is 58.2 Å². The van der Waals surface area contributed by atoms with Gasteiger partial charge in [0.1, 0.15) is 0 Å². The number of rotatable bonds is 10. The maximum Gasteiger partial charge on any atom is 0.221 e. The molecular formula is C27H36Br2N2O2. The van der Waals surface area contributed by atoms with Crippen LogP contribution in [0.4, 0.5) is 11.4 Å². The maximum absolute atomic E-state index is 11.8. The molecule has 0 aliphatic heterocycles. The molecule has 0 aliphatic rings. The predicted molar refractivity (Wildman–Crippen MR) is 146 cm³/mol. The monoisotopic (exact) mass is 578 g/mol. The number of aryl methyl sites for hydroxylation is 2. The molecule has 6 heteroatoms. The van der Waals surface area contributed by atoms with Crippen LogP contribution in [0.1, 0.15) is 89.5 Å². The van der Waals surface area contributed by atoms with E-state index in [0.717, 1.165) is 70.0 Å². The Labute approximate surface area is 215 Å². The second-order valence-electron chi connectivity index (χ2n) is 9.18. The molecule has 2 rings (SSSR count). The van der Waals surface area contributed by atoms with Gasteiger partial charge in [0.15, 0.2) is 0 Å². The minimum absolute atomic E-state index is 0.0708. The van der Waals surface area contributed by atoms with Crippen LogP contribution in [-0.2, 0) is 27.8 Å². The highest BCUT2D eigenvalue weighted by molar-refractivity contribution is 9.11. The lowest BCUT2D eigenvalue weighted by molar-refractivity contribution is -0.115. The Morgan fingerprint density at radius 3 is 1.42 bits per heavy atom. The van der Waals surface area contributed by atoms with E-state index in [1.54, 1.807) is 13.8 Å². The van der Waals surface area contributed by atoms with Gasteiger partial charge in [0.25, 0.3) is 0 Å². The number of unbranched alkanes of at least 4 members (excludes halogenated alkanes) is 2. The normalized spacial score (nSPS) is 11.4. The van der Waals surface area contributed by atoms with Crippen molar-refractivity contribution in [3.05, 3.63) is 55.5 Å². The quantitative estimate of drug-likeness (QED) is 0.298. The summed E-state index contributed by atoms with van der Waals surface area (Å²) in [5, 5.41) is 6.01. The number of hydrogen-bond acceptors (Lipinski definition) is 2. The van der Waals surface area contributed by atoms with Crippen LogP contribution >= 0.6 is 31.9 Å². The molecule has 0 saturated heterocycles. The summed E-state index contributed by atoms with van der Waals surface area (Å²) in [6.45, 7) is 11.9. The smallest absolute Gasteiger partial charge is 0.221 e. The van der Waals surface area contributed by atoms with Gasteiger partial charge < -0.3 is 10.6 Å². The van der Waals surface area contributed by atoms with Gasteiger partial charge in [0, 0.05) is 28.2 Å². The first-order chi connectivity index (χ1) is 15.5. The molecule has 0 unspecified atom stereocenters. The number of halogens is 2. The predicted octanol–water partition coefficient (Wildman–Crippen LogP) is 8.14. The number of carbonyl (C=O) groups excluding carboxylic acids is 2. The molecule has 0 heterocycles. The zero-order valence-corrected chi connectivity index (χ0v) is 23.8. The summed E-state index contributed by atoms with van der Waals surface area (Å²) in [4.78, 5) is 23.6. The lowest BCUT2D eigenvalue weighted by Crippen LogP contribution is -2.21. The fourth-order valence-corrected chi connectivity index (χ4v) is 5.18. The highest BCUT2D eigenvalue weighted by Gasteiger charge is 2.27. The number of carbonyl (C=O) groups is 2. The van der Waals surface area contributed by atoms with Crippen molar-refractivity contribution in [3.8, 4) is 0 Å². The molecule has 2 N–H and O–H groups in total. The number of benzene rings is 2. The van der Waals surface area contributed by atoms with Crippen LogP contribution in [0.2, 0.25) is 0 Å². The van der Waals surface area contributed by atoms with E-state index in [4.69, 9.17) is 0 Å². The van der Waals surface area contributed by atoms with Gasteiger partial charge in [-0.3, -0.25) is 9.59 Å². The minimum atomic E-state index is -0.281. The Balaban J connectivity index is 2.61. The third kappa shape index (κ3) is 7.16. The molecule has 0 fully saturated rings. The summed E-state index contributed by atoms with van der Waals surface area (Å²) in [5.41, 5.74) is 6.08. The summed E-state index contributed by atoms with van der Waals surface area (Å²) >= 11 is 7.43. The first kappa shape index (κ1) is 27.6. The molecular weight excluding hydrogens is 544 g/mol. The first-order valence-electron chi connectivity index (χ1n) is 11.7. The zero-order chi connectivity index (χ0) is 24.8. The van der Waals surface area contributed by atoms with Gasteiger partial charge in [-0.1, -0.05) is 52.7 Å². The van der Waals surface area contributed by atoms with Crippen molar-refractivity contribution in [1.29, 1.82) is 0 Å². The molecule has 2 aromatic rings. The van der Waals surface area contributed by atoms with Crippen molar-refractivity contribution in [1.82, 2.24) is 0 Å². The second kappa shape index (κ2) is 12.2. The van der Waals surface area contributed by atoms with Gasteiger partial charge in [-0.15, -0.1) is 0 Å². The van der Waals surface area contributed by atoms with Crippen molar-refractivity contribution in [2.75, 3.05) is 10.6 Å². The molecule has 0 bridgehead atoms. The summed E-state index contributed by atoms with van der Waals surface area (Å²) in [7, 11) is 0. The van der Waals surface area contributed by atoms with E-state index in [-0.39, 0.29) is 17.2 Å². The molecule has 0 saturated carbocycles. The number of hydrogen-bond donors (Lipinski definition) is 2. The Morgan fingerprint density at radius 2 is 1.12 bits per heavy atom. The van der Waals surface area contributed by atoms with E-state index in [1.807, 2.05) is 0 Å². The van der Waals surface area contributed by atoms with Gasteiger partial charge >= 0.3 is 0 Å². The number of amides is 2. The average molecular weight is 580 g/mol. The largest absolute Gasteiger partial charge is 0.325 e. The van der Waals surface area contributed by atoms with Crippen LogP contribution in [0.25, 0.3) is 0 Å². The highest BCUT2D eigenvalue weighted by atomic mass is 79.9.